The van der Waals surface area contributed by atoms with Crippen LogP contribution in [0, 0.1) is 5.82 Å². The topological polar surface area (TPSA) is 47.6 Å². The minimum Gasteiger partial charge on any atom is -0.482 e. The van der Waals surface area contributed by atoms with E-state index in [1.54, 1.807) is 31.2 Å². The molecule has 3 rings (SSSR count). The second-order valence-electron chi connectivity index (χ2n) is 4.81. The van der Waals surface area contributed by atoms with Gasteiger partial charge in [-0.25, -0.2) is 4.39 Å². The number of carbonyl (C=O) groups is 1. The van der Waals surface area contributed by atoms with Gasteiger partial charge in [0.05, 0.1) is 0 Å². The molecule has 4 nitrogen and oxygen atoms in total. The number of hydrogen-bond donors (Lipinski definition) is 1. The largest absolute Gasteiger partial charge is 0.482 e. The van der Waals surface area contributed by atoms with Gasteiger partial charge in [0.1, 0.15) is 11.9 Å². The highest BCUT2D eigenvalue weighted by atomic mass is 19.1. The lowest BCUT2D eigenvalue weighted by Gasteiger charge is -2.31. The average molecular weight is 287 g/mol. The number of ether oxygens (including phenoxy) is 2. The Bertz CT molecular complexity index is 674. The van der Waals surface area contributed by atoms with Crippen LogP contribution in [0.1, 0.15) is 6.92 Å². The van der Waals surface area contributed by atoms with Crippen LogP contribution >= 0.6 is 0 Å². The molecule has 1 amide bonds. The second kappa shape index (κ2) is 5.44. The van der Waals surface area contributed by atoms with Gasteiger partial charge in [-0.2, -0.15) is 0 Å². The number of carbonyl (C=O) groups excluding carboxylic acids is 1. The van der Waals surface area contributed by atoms with Gasteiger partial charge < -0.3 is 14.8 Å². The van der Waals surface area contributed by atoms with E-state index in [-0.39, 0.29) is 5.91 Å². The van der Waals surface area contributed by atoms with Gasteiger partial charge in [0, 0.05) is 5.69 Å². The van der Waals surface area contributed by atoms with Crippen LogP contribution in [0.2, 0.25) is 0 Å². The van der Waals surface area contributed by atoms with Crippen LogP contribution in [0.5, 0.6) is 11.5 Å². The molecule has 2 atom stereocenters. The molecule has 0 spiro atoms. The molecule has 21 heavy (non-hydrogen) atoms. The molecule has 0 unspecified atom stereocenters. The Balaban J connectivity index is 1.76. The predicted molar refractivity (Wildman–Crippen MR) is 76.0 cm³/mol. The number of para-hydroxylation sites is 2. The molecule has 1 N–H and O–H groups in total. The minimum absolute atomic E-state index is 0.373. The van der Waals surface area contributed by atoms with Gasteiger partial charge in [-0.1, -0.05) is 18.2 Å². The molecule has 0 fully saturated rings. The fraction of sp³-hybridized carbons (Fsp3) is 0.188. The van der Waals surface area contributed by atoms with Gasteiger partial charge in [-0.15, -0.1) is 0 Å². The SMILES string of the molecule is C[C@@H]1Oc2ccccc2O[C@@H]1C(=O)Nc1cccc(F)c1. The van der Waals surface area contributed by atoms with Crippen molar-refractivity contribution in [3.63, 3.8) is 0 Å². The fourth-order valence-corrected chi connectivity index (χ4v) is 2.19. The monoisotopic (exact) mass is 287 g/mol. The molecule has 0 aliphatic carbocycles. The van der Waals surface area contributed by atoms with Crippen LogP contribution in [0.4, 0.5) is 10.1 Å². The summed E-state index contributed by atoms with van der Waals surface area (Å²) in [6.45, 7) is 1.76. The molecule has 1 aliphatic heterocycles. The van der Waals surface area contributed by atoms with E-state index in [1.165, 1.54) is 18.2 Å². The first-order valence-corrected chi connectivity index (χ1v) is 6.62. The van der Waals surface area contributed by atoms with Crippen LogP contribution in [-0.2, 0) is 4.79 Å². The Morgan fingerprint density at radius 1 is 1.10 bits per heavy atom. The van der Waals surface area contributed by atoms with Gasteiger partial charge in [0.2, 0.25) is 6.10 Å². The quantitative estimate of drug-likeness (QED) is 0.923. The Hall–Kier alpha value is -2.56. The van der Waals surface area contributed by atoms with Gasteiger partial charge in [0.25, 0.3) is 5.91 Å². The number of halogens is 1. The molecule has 0 aromatic heterocycles. The van der Waals surface area contributed by atoms with Crippen LogP contribution in [0.15, 0.2) is 48.5 Å². The lowest BCUT2D eigenvalue weighted by Crippen LogP contribution is -2.46. The molecule has 0 radical (unpaired) electrons. The third-order valence-corrected chi connectivity index (χ3v) is 3.19. The first-order valence-electron chi connectivity index (χ1n) is 6.62. The number of hydrogen-bond acceptors (Lipinski definition) is 3. The van der Waals surface area contributed by atoms with E-state index in [9.17, 15) is 9.18 Å². The average Bonchev–Trinajstić information content (AvgIpc) is 2.46. The maximum Gasteiger partial charge on any atom is 0.269 e. The van der Waals surface area contributed by atoms with E-state index in [0.717, 1.165) is 0 Å². The van der Waals surface area contributed by atoms with Crippen molar-refractivity contribution in [3.05, 3.63) is 54.3 Å². The van der Waals surface area contributed by atoms with Crippen molar-refractivity contribution in [2.24, 2.45) is 0 Å². The van der Waals surface area contributed by atoms with E-state index in [4.69, 9.17) is 9.47 Å². The van der Waals surface area contributed by atoms with Crippen LogP contribution in [0.25, 0.3) is 0 Å². The number of fused-ring (bicyclic) bond motifs is 1. The van der Waals surface area contributed by atoms with Crippen molar-refractivity contribution in [2.75, 3.05) is 5.32 Å². The summed E-state index contributed by atoms with van der Waals surface area (Å²) in [7, 11) is 0. The lowest BCUT2D eigenvalue weighted by atomic mass is 10.1. The number of anilines is 1. The number of rotatable bonds is 2. The number of nitrogens with one attached hydrogen (secondary N) is 1. The van der Waals surface area contributed by atoms with Gasteiger partial charge in [-0.3, -0.25) is 4.79 Å². The molecule has 1 aliphatic rings. The summed E-state index contributed by atoms with van der Waals surface area (Å²) in [5, 5.41) is 2.63. The van der Waals surface area contributed by atoms with Crippen molar-refractivity contribution in [3.8, 4) is 11.5 Å². The normalized spacial score (nSPS) is 19.9. The van der Waals surface area contributed by atoms with Crippen LogP contribution < -0.4 is 14.8 Å². The van der Waals surface area contributed by atoms with Gasteiger partial charge >= 0.3 is 0 Å². The van der Waals surface area contributed by atoms with E-state index >= 15 is 0 Å². The molecule has 0 saturated carbocycles. The van der Waals surface area contributed by atoms with Gasteiger partial charge in [-0.05, 0) is 37.3 Å². The number of benzene rings is 2. The van der Waals surface area contributed by atoms with E-state index in [0.29, 0.717) is 17.2 Å². The predicted octanol–water partition coefficient (Wildman–Crippen LogP) is 2.99. The highest BCUT2D eigenvalue weighted by molar-refractivity contribution is 5.95. The van der Waals surface area contributed by atoms with Gasteiger partial charge in [0.15, 0.2) is 11.5 Å². The summed E-state index contributed by atoms with van der Waals surface area (Å²) in [6, 6.07) is 12.9. The van der Waals surface area contributed by atoms with Crippen molar-refractivity contribution in [2.45, 2.75) is 19.1 Å². The summed E-state index contributed by atoms with van der Waals surface area (Å²) in [5.41, 5.74) is 0.384. The standard InChI is InChI=1S/C16H14FNO3/c1-10-15(21-14-8-3-2-7-13(14)20-10)16(19)18-12-6-4-5-11(17)9-12/h2-10,15H,1H3,(H,18,19)/t10-,15-/m0/s1. The summed E-state index contributed by atoms with van der Waals surface area (Å²) < 4.78 is 24.5. The third-order valence-electron chi connectivity index (χ3n) is 3.19. The zero-order valence-electron chi connectivity index (χ0n) is 11.4. The minimum atomic E-state index is -0.789. The molecular formula is C16H14FNO3. The van der Waals surface area contributed by atoms with Crippen LogP contribution in [-0.4, -0.2) is 18.1 Å². The fourth-order valence-electron chi connectivity index (χ4n) is 2.19. The maximum absolute atomic E-state index is 13.1. The summed E-state index contributed by atoms with van der Waals surface area (Å²) in [5.74, 6) is 0.351. The zero-order valence-corrected chi connectivity index (χ0v) is 11.4. The molecular weight excluding hydrogens is 273 g/mol. The molecule has 0 bridgehead atoms. The summed E-state index contributed by atoms with van der Waals surface area (Å²) >= 11 is 0. The van der Waals surface area contributed by atoms with Crippen molar-refractivity contribution in [1.29, 1.82) is 0 Å². The Kier molecular flexibility index (Phi) is 3.48. The first-order chi connectivity index (χ1) is 10.1. The van der Waals surface area contributed by atoms with Crippen LogP contribution in [0.3, 0.4) is 0 Å². The summed E-state index contributed by atoms with van der Waals surface area (Å²) in [6.07, 6.45) is -1.23. The van der Waals surface area contributed by atoms with E-state index < -0.39 is 18.0 Å². The highest BCUT2D eigenvalue weighted by Gasteiger charge is 2.34. The van der Waals surface area contributed by atoms with Crippen molar-refractivity contribution >= 4 is 11.6 Å². The Labute approximate surface area is 121 Å². The molecule has 1 heterocycles. The first kappa shape index (κ1) is 13.4. The van der Waals surface area contributed by atoms with E-state index in [2.05, 4.69) is 5.32 Å². The molecule has 108 valence electrons. The smallest absolute Gasteiger partial charge is 0.269 e. The Morgan fingerprint density at radius 2 is 1.81 bits per heavy atom. The molecule has 2 aromatic carbocycles. The molecule has 5 heteroatoms. The molecule has 2 aromatic rings. The second-order valence-corrected chi connectivity index (χ2v) is 4.81. The summed E-state index contributed by atoms with van der Waals surface area (Å²) in [4.78, 5) is 12.3. The maximum atomic E-state index is 13.1. The van der Waals surface area contributed by atoms with E-state index in [1.807, 2.05) is 6.07 Å². The van der Waals surface area contributed by atoms with Crippen molar-refractivity contribution in [1.82, 2.24) is 0 Å². The third kappa shape index (κ3) is 2.81. The number of amides is 1. The van der Waals surface area contributed by atoms with Crippen molar-refractivity contribution < 1.29 is 18.7 Å². The zero-order chi connectivity index (χ0) is 14.8. The highest BCUT2D eigenvalue weighted by Crippen LogP contribution is 2.33. The lowest BCUT2D eigenvalue weighted by molar-refractivity contribution is -0.128. The molecule has 0 saturated heterocycles. The Morgan fingerprint density at radius 3 is 2.52 bits per heavy atom.